The number of amides is 1. The van der Waals surface area contributed by atoms with Crippen LogP contribution in [-0.4, -0.2) is 25.5 Å². The summed E-state index contributed by atoms with van der Waals surface area (Å²) in [7, 11) is 0. The first-order chi connectivity index (χ1) is 16.7. The van der Waals surface area contributed by atoms with Gasteiger partial charge in [0.05, 0.1) is 23.3 Å². The highest BCUT2D eigenvalue weighted by atomic mass is 35.5. The van der Waals surface area contributed by atoms with E-state index in [2.05, 4.69) is 21.6 Å². The first-order valence-corrected chi connectivity index (χ1v) is 11.5. The zero-order chi connectivity index (χ0) is 23.1. The second-order valence-corrected chi connectivity index (χ2v) is 8.66. The number of aromatic nitrogens is 4. The lowest BCUT2D eigenvalue weighted by molar-refractivity contribution is 0.0950. The van der Waals surface area contributed by atoms with E-state index in [-0.39, 0.29) is 12.5 Å². The van der Waals surface area contributed by atoms with Crippen molar-refractivity contribution in [1.29, 1.82) is 0 Å². The summed E-state index contributed by atoms with van der Waals surface area (Å²) in [6.45, 7) is 0.276. The van der Waals surface area contributed by atoms with Gasteiger partial charge in [-0.2, -0.15) is 0 Å². The summed E-state index contributed by atoms with van der Waals surface area (Å²) in [4.78, 5) is 18.5. The highest BCUT2D eigenvalue weighted by Gasteiger charge is 2.27. The molecule has 6 rings (SSSR count). The molecule has 0 bridgehead atoms. The molecule has 0 fully saturated rings. The molecule has 0 spiro atoms. The molecule has 166 valence electrons. The first kappa shape index (κ1) is 20.6. The van der Waals surface area contributed by atoms with E-state index in [9.17, 15) is 4.79 Å². The van der Waals surface area contributed by atoms with Crippen molar-refractivity contribution in [1.82, 2.24) is 24.9 Å². The van der Waals surface area contributed by atoms with Crippen LogP contribution in [0.2, 0.25) is 5.02 Å². The fourth-order valence-electron chi connectivity index (χ4n) is 4.58. The number of carbonyl (C=O) groups excluding carboxylic acids is 1. The van der Waals surface area contributed by atoms with E-state index in [0.717, 1.165) is 51.8 Å². The number of para-hydroxylation sites is 1. The minimum absolute atomic E-state index is 0.137. The van der Waals surface area contributed by atoms with Crippen LogP contribution < -0.4 is 5.32 Å². The van der Waals surface area contributed by atoms with E-state index in [1.54, 1.807) is 0 Å². The molecule has 0 aliphatic heterocycles. The molecule has 0 unspecified atom stereocenters. The standard InChI is InChI=1S/C27H20ClN5O/c28-21-9-3-1-7-17(21)15-18-12-13-20-25(19-8-2-4-10-22(19)30-26(18)20)27(34)29-16-24-32-31-23-11-5-6-14-33(23)24/h1-11,14-15H,12-13,16H2,(H,29,34)/b18-15+. The molecular weight excluding hydrogens is 446 g/mol. The third kappa shape index (κ3) is 3.53. The minimum Gasteiger partial charge on any atom is -0.345 e. The van der Waals surface area contributed by atoms with E-state index in [1.165, 1.54) is 0 Å². The predicted molar refractivity (Wildman–Crippen MR) is 134 cm³/mol. The Kier molecular flexibility index (Phi) is 5.08. The Morgan fingerprint density at radius 2 is 1.82 bits per heavy atom. The molecule has 1 N–H and O–H groups in total. The summed E-state index contributed by atoms with van der Waals surface area (Å²) in [5.41, 5.74) is 6.11. The summed E-state index contributed by atoms with van der Waals surface area (Å²) < 4.78 is 1.87. The van der Waals surface area contributed by atoms with Crippen molar-refractivity contribution in [2.75, 3.05) is 0 Å². The van der Waals surface area contributed by atoms with Gasteiger partial charge in [-0.1, -0.05) is 54.1 Å². The Morgan fingerprint density at radius 1 is 1.00 bits per heavy atom. The Labute approximate surface area is 200 Å². The van der Waals surface area contributed by atoms with Crippen molar-refractivity contribution in [3.8, 4) is 0 Å². The SMILES string of the molecule is O=C(NCc1nnc2ccccn12)c1c2c(nc3ccccc13)/C(=C/c1ccccc1Cl)CC2. The largest absolute Gasteiger partial charge is 0.345 e. The number of carbonyl (C=O) groups is 1. The van der Waals surface area contributed by atoms with Crippen LogP contribution in [0.4, 0.5) is 0 Å². The maximum absolute atomic E-state index is 13.5. The monoisotopic (exact) mass is 465 g/mol. The molecule has 3 aromatic heterocycles. The lowest BCUT2D eigenvalue weighted by atomic mass is 10.00. The first-order valence-electron chi connectivity index (χ1n) is 11.1. The van der Waals surface area contributed by atoms with Crippen molar-refractivity contribution in [3.05, 3.63) is 106 Å². The molecule has 0 saturated carbocycles. The zero-order valence-corrected chi connectivity index (χ0v) is 19.0. The van der Waals surface area contributed by atoms with Crippen molar-refractivity contribution in [2.24, 2.45) is 0 Å². The average molecular weight is 466 g/mol. The number of benzene rings is 2. The number of nitrogens with zero attached hydrogens (tertiary/aromatic N) is 4. The Bertz CT molecular complexity index is 1600. The predicted octanol–water partition coefficient (Wildman–Crippen LogP) is 5.35. The zero-order valence-electron chi connectivity index (χ0n) is 18.2. The van der Waals surface area contributed by atoms with Crippen LogP contribution in [0.5, 0.6) is 0 Å². The molecule has 3 heterocycles. The summed E-state index contributed by atoms with van der Waals surface area (Å²) in [5.74, 6) is 0.541. The molecule has 34 heavy (non-hydrogen) atoms. The van der Waals surface area contributed by atoms with Gasteiger partial charge in [0.1, 0.15) is 0 Å². The van der Waals surface area contributed by atoms with Gasteiger partial charge in [-0.25, -0.2) is 4.98 Å². The maximum Gasteiger partial charge on any atom is 0.252 e. The van der Waals surface area contributed by atoms with Gasteiger partial charge < -0.3 is 5.32 Å². The molecule has 2 aromatic carbocycles. The van der Waals surface area contributed by atoms with Gasteiger partial charge in [-0.3, -0.25) is 9.20 Å². The third-order valence-corrected chi connectivity index (χ3v) is 6.54. The topological polar surface area (TPSA) is 72.2 Å². The average Bonchev–Trinajstić information content (AvgIpc) is 3.46. The fraction of sp³-hybridized carbons (Fsp3) is 0.111. The quantitative estimate of drug-likeness (QED) is 0.388. The van der Waals surface area contributed by atoms with Gasteiger partial charge in [0.2, 0.25) is 0 Å². The lowest BCUT2D eigenvalue weighted by Gasteiger charge is -2.13. The van der Waals surface area contributed by atoms with Crippen LogP contribution in [0.1, 0.15) is 39.4 Å². The fourth-order valence-corrected chi connectivity index (χ4v) is 4.77. The molecule has 0 atom stereocenters. The third-order valence-electron chi connectivity index (χ3n) is 6.20. The number of pyridine rings is 2. The summed E-state index contributed by atoms with van der Waals surface area (Å²) in [6, 6.07) is 21.2. The lowest BCUT2D eigenvalue weighted by Crippen LogP contribution is -2.25. The van der Waals surface area contributed by atoms with Gasteiger partial charge in [0.15, 0.2) is 11.5 Å². The van der Waals surface area contributed by atoms with Gasteiger partial charge in [-0.15, -0.1) is 10.2 Å². The van der Waals surface area contributed by atoms with E-state index in [4.69, 9.17) is 16.6 Å². The molecule has 7 heteroatoms. The van der Waals surface area contributed by atoms with Gasteiger partial charge in [-0.05, 0) is 59.9 Å². The summed E-state index contributed by atoms with van der Waals surface area (Å²) >= 11 is 6.40. The molecular formula is C27H20ClN5O. The number of fused-ring (bicyclic) bond motifs is 3. The molecule has 6 nitrogen and oxygen atoms in total. The Balaban J connectivity index is 1.40. The Morgan fingerprint density at radius 3 is 2.74 bits per heavy atom. The van der Waals surface area contributed by atoms with Crippen LogP contribution in [0.25, 0.3) is 28.2 Å². The van der Waals surface area contributed by atoms with E-state index in [1.807, 2.05) is 77.3 Å². The maximum atomic E-state index is 13.5. The molecule has 1 amide bonds. The van der Waals surface area contributed by atoms with Crippen LogP contribution in [-0.2, 0) is 13.0 Å². The normalized spacial score (nSPS) is 14.1. The molecule has 0 radical (unpaired) electrons. The second-order valence-electron chi connectivity index (χ2n) is 8.25. The van der Waals surface area contributed by atoms with Gasteiger partial charge >= 0.3 is 0 Å². The van der Waals surface area contributed by atoms with E-state index < -0.39 is 0 Å². The van der Waals surface area contributed by atoms with Crippen molar-refractivity contribution in [3.63, 3.8) is 0 Å². The van der Waals surface area contributed by atoms with Gasteiger partial charge in [0, 0.05) is 16.6 Å². The molecule has 0 saturated heterocycles. The van der Waals surface area contributed by atoms with E-state index >= 15 is 0 Å². The number of hydrogen-bond acceptors (Lipinski definition) is 4. The highest BCUT2D eigenvalue weighted by molar-refractivity contribution is 6.32. The van der Waals surface area contributed by atoms with Crippen LogP contribution in [0.15, 0.2) is 72.9 Å². The van der Waals surface area contributed by atoms with Crippen LogP contribution in [0.3, 0.4) is 0 Å². The van der Waals surface area contributed by atoms with Gasteiger partial charge in [0.25, 0.3) is 5.91 Å². The van der Waals surface area contributed by atoms with Crippen LogP contribution in [0, 0.1) is 0 Å². The second kappa shape index (κ2) is 8.39. The van der Waals surface area contributed by atoms with Crippen molar-refractivity contribution >= 4 is 45.7 Å². The van der Waals surface area contributed by atoms with E-state index in [0.29, 0.717) is 16.4 Å². The summed E-state index contributed by atoms with van der Waals surface area (Å²) in [5, 5.41) is 13.0. The number of nitrogens with one attached hydrogen (secondary N) is 1. The molecule has 1 aliphatic carbocycles. The number of allylic oxidation sites excluding steroid dienone is 1. The number of halogens is 1. The minimum atomic E-state index is -0.137. The summed E-state index contributed by atoms with van der Waals surface area (Å²) in [6.07, 6.45) is 5.53. The van der Waals surface area contributed by atoms with Crippen molar-refractivity contribution < 1.29 is 4.79 Å². The molecule has 1 aliphatic rings. The smallest absolute Gasteiger partial charge is 0.252 e. The number of hydrogen-bond donors (Lipinski definition) is 1. The number of rotatable bonds is 4. The Hall–Kier alpha value is -4.03. The van der Waals surface area contributed by atoms with Crippen LogP contribution >= 0.6 is 11.6 Å². The van der Waals surface area contributed by atoms with Crippen molar-refractivity contribution in [2.45, 2.75) is 19.4 Å². The highest BCUT2D eigenvalue weighted by Crippen LogP contribution is 2.38. The molecule has 5 aromatic rings.